The van der Waals surface area contributed by atoms with Gasteiger partial charge in [-0.15, -0.1) is 0 Å². The fourth-order valence-corrected chi connectivity index (χ4v) is 3.38. The lowest BCUT2D eigenvalue weighted by atomic mass is 10.1. The quantitative estimate of drug-likeness (QED) is 0.767. The zero-order valence-corrected chi connectivity index (χ0v) is 13.7. The van der Waals surface area contributed by atoms with Crippen LogP contribution >= 0.6 is 0 Å². The second kappa shape index (κ2) is 5.84. The predicted molar refractivity (Wildman–Crippen MR) is 87.9 cm³/mol. The molecule has 7 heteroatoms. The number of hydrogen-bond donors (Lipinski definition) is 1. The van der Waals surface area contributed by atoms with Gasteiger partial charge in [-0.2, -0.15) is 13.2 Å². The molecule has 1 aliphatic heterocycles. The molecular weight excluding hydrogens is 329 g/mol. The van der Waals surface area contributed by atoms with Crippen molar-refractivity contribution in [2.24, 2.45) is 0 Å². The third-order valence-electron chi connectivity index (χ3n) is 4.67. The molecule has 1 N–H and O–H groups in total. The van der Waals surface area contributed by atoms with E-state index in [-0.39, 0.29) is 0 Å². The smallest absolute Gasteiger partial charge is 0.361 e. The number of aromatic nitrogens is 3. The van der Waals surface area contributed by atoms with E-state index in [4.69, 9.17) is 0 Å². The number of hydrogen-bond acceptors (Lipinski definition) is 3. The number of alkyl halides is 3. The summed E-state index contributed by atoms with van der Waals surface area (Å²) in [5.74, 6) is -1.05. The first-order valence-corrected chi connectivity index (χ1v) is 8.12. The number of rotatable bonds is 2. The van der Waals surface area contributed by atoms with Gasteiger partial charge in [-0.25, -0.2) is 9.97 Å². The molecule has 3 heterocycles. The van der Waals surface area contributed by atoms with Crippen LogP contribution in [0.5, 0.6) is 0 Å². The number of para-hydroxylation sites is 1. The predicted octanol–water partition coefficient (Wildman–Crippen LogP) is 3.84. The van der Waals surface area contributed by atoms with Crippen molar-refractivity contribution in [2.75, 3.05) is 6.54 Å². The Hall–Kier alpha value is -2.41. The zero-order valence-electron chi connectivity index (χ0n) is 13.7. The van der Waals surface area contributed by atoms with Crippen LogP contribution in [0.1, 0.15) is 28.2 Å². The summed E-state index contributed by atoms with van der Waals surface area (Å²) < 4.78 is 38.2. The lowest BCUT2D eigenvalue weighted by Crippen LogP contribution is -2.31. The second-order valence-electron chi connectivity index (χ2n) is 6.44. The zero-order chi connectivity index (χ0) is 17.6. The van der Waals surface area contributed by atoms with Crippen molar-refractivity contribution in [3.63, 3.8) is 0 Å². The molecule has 1 aliphatic rings. The molecule has 0 unspecified atom stereocenters. The maximum atomic E-state index is 12.7. The van der Waals surface area contributed by atoms with Gasteiger partial charge in [-0.3, -0.25) is 4.90 Å². The van der Waals surface area contributed by atoms with E-state index in [1.54, 1.807) is 0 Å². The van der Waals surface area contributed by atoms with Gasteiger partial charge in [0.15, 0.2) is 0 Å². The Balaban J connectivity index is 1.55. The Labute approximate surface area is 142 Å². The summed E-state index contributed by atoms with van der Waals surface area (Å²) in [6.45, 7) is 4.05. The van der Waals surface area contributed by atoms with Crippen LogP contribution in [-0.2, 0) is 25.7 Å². The van der Waals surface area contributed by atoms with E-state index in [2.05, 4.69) is 38.9 Å². The first-order valence-electron chi connectivity index (χ1n) is 8.12. The van der Waals surface area contributed by atoms with Crippen LogP contribution in [0.25, 0.3) is 10.9 Å². The van der Waals surface area contributed by atoms with Gasteiger partial charge in [-0.1, -0.05) is 18.2 Å². The summed E-state index contributed by atoms with van der Waals surface area (Å²) in [6.07, 6.45) is -0.663. The minimum Gasteiger partial charge on any atom is -0.361 e. The number of benzene rings is 1. The van der Waals surface area contributed by atoms with Gasteiger partial charge >= 0.3 is 6.18 Å². The maximum absolute atomic E-state index is 12.7. The highest BCUT2D eigenvalue weighted by atomic mass is 19.4. The average Bonchev–Trinajstić information content (AvgIpc) is 2.98. The largest absolute Gasteiger partial charge is 0.451 e. The first-order chi connectivity index (χ1) is 11.9. The molecule has 0 radical (unpaired) electrons. The lowest BCUT2D eigenvalue weighted by Gasteiger charge is -2.28. The topological polar surface area (TPSA) is 44.8 Å². The van der Waals surface area contributed by atoms with Gasteiger partial charge in [0.2, 0.25) is 5.82 Å². The van der Waals surface area contributed by atoms with E-state index in [9.17, 15) is 13.2 Å². The number of H-pyrrole nitrogens is 1. The third kappa shape index (κ3) is 3.00. The van der Waals surface area contributed by atoms with Crippen molar-refractivity contribution in [3.8, 4) is 0 Å². The Bertz CT molecular complexity index is 930. The summed E-state index contributed by atoms with van der Waals surface area (Å²) in [6, 6.07) is 6.19. The van der Waals surface area contributed by atoms with Gasteiger partial charge in [0, 0.05) is 54.9 Å². The molecule has 25 heavy (non-hydrogen) atoms. The summed E-state index contributed by atoms with van der Waals surface area (Å²) in [4.78, 5) is 12.7. The Kier molecular flexibility index (Phi) is 3.76. The van der Waals surface area contributed by atoms with Gasteiger partial charge in [0.1, 0.15) is 0 Å². The Morgan fingerprint density at radius 1 is 1.28 bits per heavy atom. The monoisotopic (exact) mass is 346 g/mol. The van der Waals surface area contributed by atoms with Crippen LogP contribution in [0.3, 0.4) is 0 Å². The number of aromatic amines is 1. The van der Waals surface area contributed by atoms with E-state index in [0.717, 1.165) is 17.6 Å². The fraction of sp³-hybridized carbons (Fsp3) is 0.333. The Morgan fingerprint density at radius 2 is 2.12 bits per heavy atom. The van der Waals surface area contributed by atoms with Crippen molar-refractivity contribution in [3.05, 3.63) is 58.8 Å². The number of aryl methyl sites for hydroxylation is 1. The molecule has 4 rings (SSSR count). The van der Waals surface area contributed by atoms with E-state index < -0.39 is 12.0 Å². The molecule has 2 aromatic heterocycles. The molecule has 1 aromatic carbocycles. The molecular formula is C18H17F3N4. The van der Waals surface area contributed by atoms with Crippen molar-refractivity contribution in [1.29, 1.82) is 0 Å². The van der Waals surface area contributed by atoms with Crippen molar-refractivity contribution in [2.45, 2.75) is 32.6 Å². The molecule has 0 saturated carbocycles. The maximum Gasteiger partial charge on any atom is 0.451 e. The van der Waals surface area contributed by atoms with Gasteiger partial charge < -0.3 is 4.98 Å². The summed E-state index contributed by atoms with van der Waals surface area (Å²) in [7, 11) is 0. The highest BCUT2D eigenvalue weighted by Gasteiger charge is 2.35. The third-order valence-corrected chi connectivity index (χ3v) is 4.67. The van der Waals surface area contributed by atoms with Crippen molar-refractivity contribution < 1.29 is 13.2 Å². The minimum atomic E-state index is -4.49. The summed E-state index contributed by atoms with van der Waals surface area (Å²) in [5.41, 5.74) is 4.80. The number of nitrogens with zero attached hydrogens (tertiary/aromatic N) is 3. The molecule has 130 valence electrons. The summed E-state index contributed by atoms with van der Waals surface area (Å²) >= 11 is 0. The second-order valence-corrected chi connectivity index (χ2v) is 6.44. The van der Waals surface area contributed by atoms with Crippen LogP contribution < -0.4 is 0 Å². The van der Waals surface area contributed by atoms with E-state index >= 15 is 0 Å². The molecule has 4 nitrogen and oxygen atoms in total. The number of nitrogens with one attached hydrogen (secondary N) is 1. The fourth-order valence-electron chi connectivity index (χ4n) is 3.38. The molecule has 0 amide bonds. The molecule has 0 saturated heterocycles. The van der Waals surface area contributed by atoms with E-state index in [0.29, 0.717) is 25.2 Å². The highest BCUT2D eigenvalue weighted by Crippen LogP contribution is 2.29. The lowest BCUT2D eigenvalue weighted by molar-refractivity contribution is -0.145. The van der Waals surface area contributed by atoms with Gasteiger partial charge in [-0.05, 0) is 18.1 Å². The molecule has 3 aromatic rings. The molecule has 0 fully saturated rings. The van der Waals surface area contributed by atoms with Gasteiger partial charge in [0.05, 0.1) is 5.69 Å². The molecule has 0 atom stereocenters. The van der Waals surface area contributed by atoms with E-state index in [1.165, 1.54) is 22.7 Å². The minimum absolute atomic E-state index is 0.502. The van der Waals surface area contributed by atoms with Crippen LogP contribution in [0.15, 0.2) is 30.6 Å². The van der Waals surface area contributed by atoms with Crippen molar-refractivity contribution in [1.82, 2.24) is 19.9 Å². The molecule has 0 aliphatic carbocycles. The van der Waals surface area contributed by atoms with Crippen LogP contribution in [0.2, 0.25) is 0 Å². The number of halogens is 3. The molecule has 0 spiro atoms. The van der Waals surface area contributed by atoms with Crippen LogP contribution in [-0.4, -0.2) is 26.4 Å². The van der Waals surface area contributed by atoms with Crippen LogP contribution in [0, 0.1) is 6.92 Å². The summed E-state index contributed by atoms with van der Waals surface area (Å²) in [5, 5.41) is 1.19. The SMILES string of the molecule is Cc1cccc2c(CN3CCc4nc(C(F)(F)F)ncc4C3)c[nH]c12. The normalized spacial score (nSPS) is 15.5. The number of fused-ring (bicyclic) bond motifs is 2. The first kappa shape index (κ1) is 16.1. The average molecular weight is 346 g/mol. The Morgan fingerprint density at radius 3 is 2.92 bits per heavy atom. The van der Waals surface area contributed by atoms with Crippen molar-refractivity contribution >= 4 is 10.9 Å². The van der Waals surface area contributed by atoms with E-state index in [1.807, 2.05) is 12.3 Å². The molecule has 0 bridgehead atoms. The highest BCUT2D eigenvalue weighted by molar-refractivity contribution is 5.85. The standard InChI is InChI=1S/C18H17F3N4/c1-11-3-2-4-14-12(7-22-16(11)14)9-25-6-5-15-13(10-25)8-23-17(24-15)18(19,20)21/h2-4,7-8,22H,5-6,9-10H2,1H3. The van der Waals surface area contributed by atoms with Gasteiger partial charge in [0.25, 0.3) is 0 Å². The van der Waals surface area contributed by atoms with Crippen LogP contribution in [0.4, 0.5) is 13.2 Å².